The summed E-state index contributed by atoms with van der Waals surface area (Å²) in [6.07, 6.45) is 1.83. The molecular formula is C16H13N. The summed E-state index contributed by atoms with van der Waals surface area (Å²) in [7, 11) is 0. The number of fused-ring (bicyclic) bond motifs is 1. The number of aromatic nitrogens is 1. The number of nitrogens with zero attached hydrogens (tertiary/aromatic N) is 1. The number of hydrogen-bond donors (Lipinski definition) is 0. The standard InChI is InChI=1S/C16H13N/c1-12-4-6-13(7-5-12)15-9-8-14-3-2-10-17-16(14)11-15/h2-11H,1H3. The Hall–Kier alpha value is -2.15. The Morgan fingerprint density at radius 2 is 1.59 bits per heavy atom. The van der Waals surface area contributed by atoms with E-state index in [0.717, 1.165) is 5.52 Å². The fraction of sp³-hybridized carbons (Fsp3) is 0.0625. The van der Waals surface area contributed by atoms with Gasteiger partial charge < -0.3 is 0 Å². The largest absolute Gasteiger partial charge is 0.256 e. The van der Waals surface area contributed by atoms with E-state index in [1.807, 2.05) is 12.3 Å². The van der Waals surface area contributed by atoms with Crippen LogP contribution in [0.4, 0.5) is 0 Å². The molecular weight excluding hydrogens is 206 g/mol. The lowest BCUT2D eigenvalue weighted by molar-refractivity contribution is 1.41. The van der Waals surface area contributed by atoms with Gasteiger partial charge in [-0.15, -0.1) is 0 Å². The molecule has 2 aromatic carbocycles. The molecule has 0 saturated heterocycles. The molecule has 1 nitrogen and oxygen atoms in total. The van der Waals surface area contributed by atoms with Crippen LogP contribution in [0, 0.1) is 6.92 Å². The number of pyridine rings is 1. The molecule has 1 heteroatoms. The van der Waals surface area contributed by atoms with E-state index in [-0.39, 0.29) is 0 Å². The van der Waals surface area contributed by atoms with E-state index in [1.165, 1.54) is 22.1 Å². The lowest BCUT2D eigenvalue weighted by Crippen LogP contribution is -1.81. The van der Waals surface area contributed by atoms with Crippen molar-refractivity contribution < 1.29 is 0 Å². The Balaban J connectivity index is 2.14. The third kappa shape index (κ3) is 1.92. The zero-order chi connectivity index (χ0) is 11.7. The molecule has 0 saturated carbocycles. The fourth-order valence-corrected chi connectivity index (χ4v) is 1.99. The number of benzene rings is 2. The van der Waals surface area contributed by atoms with Crippen LogP contribution >= 0.6 is 0 Å². The quantitative estimate of drug-likeness (QED) is 0.597. The highest BCUT2D eigenvalue weighted by molar-refractivity contribution is 5.84. The normalized spacial score (nSPS) is 10.6. The van der Waals surface area contributed by atoms with E-state index in [9.17, 15) is 0 Å². The maximum absolute atomic E-state index is 4.38. The van der Waals surface area contributed by atoms with Crippen LogP contribution in [0.3, 0.4) is 0 Å². The highest BCUT2D eigenvalue weighted by atomic mass is 14.6. The SMILES string of the molecule is Cc1ccc(-c2ccc3cccnc3c2)cc1. The van der Waals surface area contributed by atoms with Crippen molar-refractivity contribution in [1.82, 2.24) is 4.98 Å². The summed E-state index contributed by atoms with van der Waals surface area (Å²) in [5.74, 6) is 0. The molecule has 0 atom stereocenters. The molecule has 0 bridgehead atoms. The van der Waals surface area contributed by atoms with Crippen LogP contribution in [0.15, 0.2) is 60.8 Å². The van der Waals surface area contributed by atoms with Gasteiger partial charge in [0.15, 0.2) is 0 Å². The minimum Gasteiger partial charge on any atom is -0.256 e. The van der Waals surface area contributed by atoms with Crippen molar-refractivity contribution in [3.8, 4) is 11.1 Å². The third-order valence-corrected chi connectivity index (χ3v) is 2.99. The molecule has 0 N–H and O–H groups in total. The van der Waals surface area contributed by atoms with Gasteiger partial charge in [0.1, 0.15) is 0 Å². The van der Waals surface area contributed by atoms with Crippen LogP contribution in [-0.4, -0.2) is 4.98 Å². The highest BCUT2D eigenvalue weighted by Crippen LogP contribution is 2.23. The van der Waals surface area contributed by atoms with Gasteiger partial charge in [-0.05, 0) is 30.2 Å². The van der Waals surface area contributed by atoms with Crippen LogP contribution in [0.5, 0.6) is 0 Å². The van der Waals surface area contributed by atoms with Gasteiger partial charge in [-0.25, -0.2) is 0 Å². The van der Waals surface area contributed by atoms with E-state index in [4.69, 9.17) is 0 Å². The molecule has 82 valence electrons. The molecule has 0 unspecified atom stereocenters. The second-order valence-corrected chi connectivity index (χ2v) is 4.28. The Bertz CT molecular complexity index is 654. The van der Waals surface area contributed by atoms with E-state index in [2.05, 4.69) is 60.4 Å². The molecule has 0 radical (unpaired) electrons. The summed E-state index contributed by atoms with van der Waals surface area (Å²) in [5, 5.41) is 1.18. The molecule has 0 spiro atoms. The van der Waals surface area contributed by atoms with Crippen molar-refractivity contribution in [1.29, 1.82) is 0 Å². The second kappa shape index (κ2) is 4.02. The zero-order valence-corrected chi connectivity index (χ0v) is 9.72. The topological polar surface area (TPSA) is 12.9 Å². The maximum Gasteiger partial charge on any atom is 0.0708 e. The molecule has 1 heterocycles. The van der Waals surface area contributed by atoms with Gasteiger partial charge in [0, 0.05) is 11.6 Å². The Labute approximate surface area is 101 Å². The number of aryl methyl sites for hydroxylation is 1. The van der Waals surface area contributed by atoms with Crippen LogP contribution in [0.1, 0.15) is 5.56 Å². The van der Waals surface area contributed by atoms with Crippen molar-refractivity contribution >= 4 is 10.9 Å². The van der Waals surface area contributed by atoms with Gasteiger partial charge in [0.25, 0.3) is 0 Å². The summed E-state index contributed by atoms with van der Waals surface area (Å²) in [5.41, 5.74) is 4.79. The fourth-order valence-electron chi connectivity index (χ4n) is 1.99. The smallest absolute Gasteiger partial charge is 0.0708 e. The predicted octanol–water partition coefficient (Wildman–Crippen LogP) is 4.21. The van der Waals surface area contributed by atoms with Gasteiger partial charge in [-0.2, -0.15) is 0 Å². The molecule has 0 amide bonds. The zero-order valence-electron chi connectivity index (χ0n) is 9.72. The van der Waals surface area contributed by atoms with Crippen molar-refractivity contribution in [3.05, 3.63) is 66.4 Å². The van der Waals surface area contributed by atoms with Crippen LogP contribution in [0.2, 0.25) is 0 Å². The first-order valence-corrected chi connectivity index (χ1v) is 5.75. The van der Waals surface area contributed by atoms with Gasteiger partial charge in [0.2, 0.25) is 0 Å². The molecule has 17 heavy (non-hydrogen) atoms. The monoisotopic (exact) mass is 219 g/mol. The first-order valence-electron chi connectivity index (χ1n) is 5.75. The summed E-state index contributed by atoms with van der Waals surface area (Å²) in [4.78, 5) is 4.38. The lowest BCUT2D eigenvalue weighted by atomic mass is 10.0. The van der Waals surface area contributed by atoms with Gasteiger partial charge in [-0.1, -0.05) is 48.0 Å². The van der Waals surface area contributed by atoms with E-state index in [1.54, 1.807) is 0 Å². The third-order valence-electron chi connectivity index (χ3n) is 2.99. The Kier molecular flexibility index (Phi) is 2.37. The molecule has 3 aromatic rings. The van der Waals surface area contributed by atoms with E-state index < -0.39 is 0 Å². The Morgan fingerprint density at radius 1 is 0.824 bits per heavy atom. The van der Waals surface area contributed by atoms with E-state index >= 15 is 0 Å². The first kappa shape index (κ1) is 10.0. The van der Waals surface area contributed by atoms with Crippen molar-refractivity contribution in [2.45, 2.75) is 6.92 Å². The summed E-state index contributed by atoms with van der Waals surface area (Å²) in [6.45, 7) is 2.10. The molecule has 0 aliphatic rings. The van der Waals surface area contributed by atoms with Crippen LogP contribution < -0.4 is 0 Å². The molecule has 0 aliphatic carbocycles. The predicted molar refractivity (Wildman–Crippen MR) is 71.9 cm³/mol. The van der Waals surface area contributed by atoms with E-state index in [0.29, 0.717) is 0 Å². The summed E-state index contributed by atoms with van der Waals surface area (Å²) in [6, 6.07) is 19.0. The molecule has 0 aliphatic heterocycles. The van der Waals surface area contributed by atoms with Crippen LogP contribution in [0.25, 0.3) is 22.0 Å². The highest BCUT2D eigenvalue weighted by Gasteiger charge is 1.99. The average Bonchev–Trinajstić information content (AvgIpc) is 2.39. The van der Waals surface area contributed by atoms with Crippen molar-refractivity contribution in [2.75, 3.05) is 0 Å². The number of hydrogen-bond acceptors (Lipinski definition) is 1. The molecule has 3 rings (SSSR count). The average molecular weight is 219 g/mol. The minimum absolute atomic E-state index is 1.05. The van der Waals surface area contributed by atoms with Gasteiger partial charge >= 0.3 is 0 Å². The minimum atomic E-state index is 1.05. The number of rotatable bonds is 1. The lowest BCUT2D eigenvalue weighted by Gasteiger charge is -2.04. The Morgan fingerprint density at radius 3 is 2.41 bits per heavy atom. The summed E-state index contributed by atoms with van der Waals surface area (Å²) >= 11 is 0. The van der Waals surface area contributed by atoms with Crippen LogP contribution in [-0.2, 0) is 0 Å². The first-order chi connectivity index (χ1) is 8.33. The van der Waals surface area contributed by atoms with Gasteiger partial charge in [0.05, 0.1) is 5.52 Å². The maximum atomic E-state index is 4.38. The second-order valence-electron chi connectivity index (χ2n) is 4.28. The van der Waals surface area contributed by atoms with Crippen molar-refractivity contribution in [3.63, 3.8) is 0 Å². The summed E-state index contributed by atoms with van der Waals surface area (Å²) < 4.78 is 0. The van der Waals surface area contributed by atoms with Crippen molar-refractivity contribution in [2.24, 2.45) is 0 Å². The molecule has 1 aromatic heterocycles. The van der Waals surface area contributed by atoms with Gasteiger partial charge in [-0.3, -0.25) is 4.98 Å². The molecule has 0 fully saturated rings.